The highest BCUT2D eigenvalue weighted by atomic mass is 79.9. The lowest BCUT2D eigenvalue weighted by atomic mass is 10.3. The van der Waals surface area contributed by atoms with Crippen LogP contribution in [0.3, 0.4) is 0 Å². The number of carbonyl (C=O) groups is 1. The first-order valence-corrected chi connectivity index (χ1v) is 6.35. The normalized spacial score (nSPS) is 14.0. The number of aliphatic hydroxyl groups is 1. The molecule has 0 saturated heterocycles. The summed E-state index contributed by atoms with van der Waals surface area (Å²) in [5.41, 5.74) is 0. The van der Waals surface area contributed by atoms with Crippen molar-refractivity contribution in [1.82, 2.24) is 5.32 Å². The van der Waals surface area contributed by atoms with Gasteiger partial charge in [0.15, 0.2) is 6.10 Å². The van der Waals surface area contributed by atoms with Crippen LogP contribution in [0.2, 0.25) is 0 Å². The van der Waals surface area contributed by atoms with E-state index in [1.54, 1.807) is 24.3 Å². The van der Waals surface area contributed by atoms with Gasteiger partial charge in [-0.3, -0.25) is 4.79 Å². The number of ether oxygens (including phenoxy) is 1. The van der Waals surface area contributed by atoms with Crippen LogP contribution in [0, 0.1) is 0 Å². The van der Waals surface area contributed by atoms with Gasteiger partial charge in [0.2, 0.25) is 0 Å². The van der Waals surface area contributed by atoms with Crippen LogP contribution in [0.1, 0.15) is 6.92 Å². The molecule has 0 radical (unpaired) electrons. The summed E-state index contributed by atoms with van der Waals surface area (Å²) in [7, 11) is 0. The molecule has 19 heavy (non-hydrogen) atoms. The smallest absolute Gasteiger partial charge is 0.265 e. The average Bonchev–Trinajstić information content (AvgIpc) is 2.37. The van der Waals surface area contributed by atoms with Gasteiger partial charge in [0, 0.05) is 11.0 Å². The monoisotopic (exact) mass is 337 g/mol. The Labute approximate surface area is 117 Å². The van der Waals surface area contributed by atoms with E-state index in [1.165, 1.54) is 6.92 Å². The van der Waals surface area contributed by atoms with E-state index in [0.29, 0.717) is 5.75 Å². The number of rotatable bonds is 6. The van der Waals surface area contributed by atoms with Crippen LogP contribution in [-0.2, 0) is 4.79 Å². The van der Waals surface area contributed by atoms with Crippen LogP contribution in [0.5, 0.6) is 5.75 Å². The molecule has 106 valence electrons. The summed E-state index contributed by atoms with van der Waals surface area (Å²) in [6.45, 7) is 0.983. The fourth-order valence-corrected chi connectivity index (χ4v) is 1.47. The highest BCUT2D eigenvalue weighted by Gasteiger charge is 2.20. The Kier molecular flexibility index (Phi) is 6.17. The molecule has 1 aromatic rings. The molecule has 1 rings (SSSR count). The molecule has 2 N–H and O–H groups in total. The highest BCUT2D eigenvalue weighted by molar-refractivity contribution is 9.10. The molecule has 1 amide bonds. The van der Waals surface area contributed by atoms with Gasteiger partial charge >= 0.3 is 0 Å². The second-order valence-corrected chi connectivity index (χ2v) is 4.78. The predicted molar refractivity (Wildman–Crippen MR) is 69.3 cm³/mol. The molecule has 0 heterocycles. The molecule has 0 bridgehead atoms. The zero-order valence-electron chi connectivity index (χ0n) is 10.1. The van der Waals surface area contributed by atoms with Crippen molar-refractivity contribution in [2.24, 2.45) is 0 Å². The number of hydrogen-bond acceptors (Lipinski definition) is 3. The zero-order valence-corrected chi connectivity index (χ0v) is 11.7. The van der Waals surface area contributed by atoms with Crippen molar-refractivity contribution in [3.8, 4) is 5.75 Å². The van der Waals surface area contributed by atoms with Crippen molar-refractivity contribution < 1.29 is 23.4 Å². The third-order valence-electron chi connectivity index (χ3n) is 2.27. The molecule has 7 heteroatoms. The highest BCUT2D eigenvalue weighted by Crippen LogP contribution is 2.17. The van der Waals surface area contributed by atoms with Gasteiger partial charge in [-0.2, -0.15) is 0 Å². The Morgan fingerprint density at radius 3 is 2.53 bits per heavy atom. The van der Waals surface area contributed by atoms with Crippen LogP contribution in [0.25, 0.3) is 0 Å². The van der Waals surface area contributed by atoms with Crippen LogP contribution in [0.15, 0.2) is 28.7 Å². The van der Waals surface area contributed by atoms with Crippen molar-refractivity contribution in [3.05, 3.63) is 28.7 Å². The Morgan fingerprint density at radius 1 is 1.42 bits per heavy atom. The predicted octanol–water partition coefficient (Wildman–Crippen LogP) is 1.96. The summed E-state index contributed by atoms with van der Waals surface area (Å²) in [6.07, 6.45) is -5.60. The largest absolute Gasteiger partial charge is 0.481 e. The van der Waals surface area contributed by atoms with E-state index in [-0.39, 0.29) is 0 Å². The summed E-state index contributed by atoms with van der Waals surface area (Å²) in [5.74, 6) is -0.0807. The number of hydrogen-bond donors (Lipinski definition) is 2. The van der Waals surface area contributed by atoms with Crippen LogP contribution in [-0.4, -0.2) is 36.2 Å². The maximum atomic E-state index is 12.0. The molecule has 2 atom stereocenters. The average molecular weight is 338 g/mol. The molecule has 1 aromatic carbocycles. The van der Waals surface area contributed by atoms with E-state index in [9.17, 15) is 13.6 Å². The molecular formula is C12H14BrF2NO3. The lowest BCUT2D eigenvalue weighted by molar-refractivity contribution is -0.128. The van der Waals surface area contributed by atoms with E-state index in [2.05, 4.69) is 21.2 Å². The zero-order chi connectivity index (χ0) is 14.4. The summed E-state index contributed by atoms with van der Waals surface area (Å²) in [4.78, 5) is 11.5. The minimum Gasteiger partial charge on any atom is -0.481 e. The quantitative estimate of drug-likeness (QED) is 0.834. The van der Waals surface area contributed by atoms with Gasteiger partial charge in [-0.1, -0.05) is 15.9 Å². The van der Waals surface area contributed by atoms with E-state index < -0.39 is 31.1 Å². The van der Waals surface area contributed by atoms with Gasteiger partial charge in [0.25, 0.3) is 12.3 Å². The lowest BCUT2D eigenvalue weighted by Crippen LogP contribution is -2.42. The number of alkyl halides is 2. The molecule has 0 aliphatic heterocycles. The summed E-state index contributed by atoms with van der Waals surface area (Å²) >= 11 is 3.26. The lowest BCUT2D eigenvalue weighted by Gasteiger charge is -2.16. The number of nitrogens with one attached hydrogen (secondary N) is 1. The molecule has 0 spiro atoms. The van der Waals surface area contributed by atoms with Crippen molar-refractivity contribution >= 4 is 21.8 Å². The number of halogens is 3. The van der Waals surface area contributed by atoms with Crippen molar-refractivity contribution in [1.29, 1.82) is 0 Å². The number of aliphatic hydroxyl groups excluding tert-OH is 1. The summed E-state index contributed by atoms with van der Waals surface area (Å²) < 4.78 is 30.2. The second-order valence-electron chi connectivity index (χ2n) is 3.86. The Balaban J connectivity index is 2.42. The standard InChI is InChI=1S/C12H14BrF2NO3/c1-7(12(18)16-6-10(17)11(14)15)19-9-4-2-8(13)3-5-9/h2-5,7,10-11,17H,6H2,1H3,(H,16,18). The fourth-order valence-electron chi connectivity index (χ4n) is 1.21. The molecule has 4 nitrogen and oxygen atoms in total. The molecular weight excluding hydrogens is 324 g/mol. The Bertz CT molecular complexity index is 414. The van der Waals surface area contributed by atoms with Gasteiger partial charge in [-0.25, -0.2) is 8.78 Å². The van der Waals surface area contributed by atoms with Gasteiger partial charge in [-0.15, -0.1) is 0 Å². The van der Waals surface area contributed by atoms with E-state index >= 15 is 0 Å². The van der Waals surface area contributed by atoms with Gasteiger partial charge in [0.1, 0.15) is 11.9 Å². The first-order chi connectivity index (χ1) is 8.90. The Morgan fingerprint density at radius 2 is 2.00 bits per heavy atom. The number of amides is 1. The first-order valence-electron chi connectivity index (χ1n) is 5.56. The third kappa shape index (κ3) is 5.52. The maximum absolute atomic E-state index is 12.0. The molecule has 2 unspecified atom stereocenters. The van der Waals surface area contributed by atoms with E-state index in [1.807, 2.05) is 0 Å². The molecule has 0 aromatic heterocycles. The molecule has 0 aliphatic carbocycles. The number of benzene rings is 1. The van der Waals surface area contributed by atoms with Gasteiger partial charge in [0.05, 0.1) is 0 Å². The second kappa shape index (κ2) is 7.40. The maximum Gasteiger partial charge on any atom is 0.265 e. The van der Waals surface area contributed by atoms with E-state index in [0.717, 1.165) is 4.47 Å². The molecule has 0 saturated carbocycles. The molecule has 0 fully saturated rings. The van der Waals surface area contributed by atoms with Crippen molar-refractivity contribution in [3.63, 3.8) is 0 Å². The van der Waals surface area contributed by atoms with Crippen molar-refractivity contribution in [2.45, 2.75) is 25.6 Å². The topological polar surface area (TPSA) is 58.6 Å². The summed E-state index contributed by atoms with van der Waals surface area (Å²) in [5, 5.41) is 11.1. The number of carbonyl (C=O) groups excluding carboxylic acids is 1. The van der Waals surface area contributed by atoms with E-state index in [4.69, 9.17) is 9.84 Å². The van der Waals surface area contributed by atoms with Gasteiger partial charge < -0.3 is 15.2 Å². The van der Waals surface area contributed by atoms with Crippen molar-refractivity contribution in [2.75, 3.05) is 6.54 Å². The third-order valence-corrected chi connectivity index (χ3v) is 2.80. The fraction of sp³-hybridized carbons (Fsp3) is 0.417. The minimum atomic E-state index is -2.89. The molecule has 0 aliphatic rings. The Hall–Kier alpha value is -1.21. The van der Waals surface area contributed by atoms with Crippen LogP contribution >= 0.6 is 15.9 Å². The summed E-state index contributed by atoms with van der Waals surface area (Å²) in [6, 6.07) is 6.84. The van der Waals surface area contributed by atoms with Crippen LogP contribution in [0.4, 0.5) is 8.78 Å². The van der Waals surface area contributed by atoms with Crippen LogP contribution < -0.4 is 10.1 Å². The minimum absolute atomic E-state index is 0.486. The first kappa shape index (κ1) is 15.8. The van der Waals surface area contributed by atoms with Gasteiger partial charge in [-0.05, 0) is 31.2 Å². The SMILES string of the molecule is CC(Oc1ccc(Br)cc1)C(=O)NCC(O)C(F)F.